The Labute approximate surface area is 123 Å². The van der Waals surface area contributed by atoms with Crippen LogP contribution in [0.5, 0.6) is 0 Å². The highest BCUT2D eigenvalue weighted by molar-refractivity contribution is 7.89. The second kappa shape index (κ2) is 7.41. The maximum absolute atomic E-state index is 12.1. The Hall–Kier alpha value is -0.620. The van der Waals surface area contributed by atoms with Gasteiger partial charge in [-0.2, -0.15) is 0 Å². The van der Waals surface area contributed by atoms with E-state index in [0.29, 0.717) is 32.4 Å². The number of hydrogen-bond acceptors (Lipinski definition) is 3. The van der Waals surface area contributed by atoms with Gasteiger partial charge in [-0.15, -0.1) is 0 Å². The zero-order valence-corrected chi connectivity index (χ0v) is 13.8. The van der Waals surface area contributed by atoms with E-state index in [2.05, 4.69) is 5.32 Å². The first-order valence-corrected chi connectivity index (χ1v) is 9.10. The van der Waals surface area contributed by atoms with Crippen molar-refractivity contribution in [3.8, 4) is 0 Å². The monoisotopic (exact) mass is 304 g/mol. The van der Waals surface area contributed by atoms with Gasteiger partial charge in [-0.05, 0) is 46.5 Å². The number of sulfonamides is 1. The largest absolute Gasteiger partial charge is 0.352 e. The number of unbranched alkanes of at least 4 members (excludes halogenated alkanes) is 1. The van der Waals surface area contributed by atoms with Gasteiger partial charge in [0.2, 0.25) is 15.9 Å². The lowest BCUT2D eigenvalue weighted by molar-refractivity contribution is -0.122. The van der Waals surface area contributed by atoms with E-state index >= 15 is 0 Å². The minimum Gasteiger partial charge on any atom is -0.352 e. The van der Waals surface area contributed by atoms with Crippen LogP contribution in [0.1, 0.15) is 59.3 Å². The van der Waals surface area contributed by atoms with Crippen molar-refractivity contribution in [3.63, 3.8) is 0 Å². The molecule has 1 fully saturated rings. The summed E-state index contributed by atoms with van der Waals surface area (Å²) in [5, 5.41) is 2.88. The molecule has 0 aromatic carbocycles. The van der Waals surface area contributed by atoms with E-state index in [1.165, 1.54) is 0 Å². The fourth-order valence-electron chi connectivity index (χ4n) is 2.32. The highest BCUT2D eigenvalue weighted by Crippen LogP contribution is 2.14. The molecule has 118 valence electrons. The fourth-order valence-corrected chi connectivity index (χ4v) is 3.96. The van der Waals surface area contributed by atoms with Crippen LogP contribution in [-0.2, 0) is 14.8 Å². The summed E-state index contributed by atoms with van der Waals surface area (Å²) in [6.07, 6.45) is 4.62. The lowest BCUT2D eigenvalue weighted by atomic mass is 10.1. The molecule has 0 unspecified atom stereocenters. The number of nitrogens with one attached hydrogen (secondary N) is 1. The molecule has 1 aliphatic heterocycles. The van der Waals surface area contributed by atoms with Crippen LogP contribution >= 0.6 is 0 Å². The number of amides is 1. The first kappa shape index (κ1) is 17.4. The van der Waals surface area contributed by atoms with Crippen LogP contribution in [0.3, 0.4) is 0 Å². The summed E-state index contributed by atoms with van der Waals surface area (Å²) >= 11 is 0. The van der Waals surface area contributed by atoms with Crippen molar-refractivity contribution in [1.29, 1.82) is 0 Å². The Bertz CT molecular complexity index is 407. The zero-order valence-electron chi connectivity index (χ0n) is 12.9. The van der Waals surface area contributed by atoms with E-state index in [1.807, 2.05) is 20.8 Å². The molecular formula is C14H28N2O3S. The van der Waals surface area contributed by atoms with Crippen molar-refractivity contribution in [2.45, 2.75) is 64.8 Å². The van der Waals surface area contributed by atoms with Gasteiger partial charge in [0.1, 0.15) is 0 Å². The Kier molecular flexibility index (Phi) is 6.45. The molecule has 1 amide bonds. The van der Waals surface area contributed by atoms with E-state index < -0.39 is 10.0 Å². The number of hydrogen-bond donors (Lipinski definition) is 1. The zero-order chi connectivity index (χ0) is 15.2. The summed E-state index contributed by atoms with van der Waals surface area (Å²) in [7, 11) is -3.11. The van der Waals surface area contributed by atoms with E-state index in [0.717, 1.165) is 19.3 Å². The minimum absolute atomic E-state index is 0.00660. The van der Waals surface area contributed by atoms with Gasteiger partial charge in [-0.1, -0.05) is 6.42 Å². The molecule has 1 heterocycles. The lowest BCUT2D eigenvalue weighted by Crippen LogP contribution is -2.40. The summed E-state index contributed by atoms with van der Waals surface area (Å²) in [6.45, 7) is 7.13. The molecule has 0 atom stereocenters. The lowest BCUT2D eigenvalue weighted by Gasteiger charge is -2.25. The number of carbonyl (C=O) groups is 1. The van der Waals surface area contributed by atoms with Crippen LogP contribution in [0, 0.1) is 0 Å². The van der Waals surface area contributed by atoms with Gasteiger partial charge in [0.25, 0.3) is 0 Å². The summed E-state index contributed by atoms with van der Waals surface area (Å²) < 4.78 is 25.8. The summed E-state index contributed by atoms with van der Waals surface area (Å²) in [6, 6.07) is 0. The normalized spacial score (nSPS) is 17.9. The Morgan fingerprint density at radius 2 is 1.70 bits per heavy atom. The average molecular weight is 304 g/mol. The van der Waals surface area contributed by atoms with E-state index in [9.17, 15) is 13.2 Å². The predicted octanol–water partition coefficient (Wildman–Crippen LogP) is 1.89. The maximum Gasteiger partial charge on any atom is 0.220 e. The molecule has 0 spiro atoms. The van der Waals surface area contributed by atoms with Crippen LogP contribution in [0.15, 0.2) is 0 Å². The molecule has 0 aromatic rings. The third kappa shape index (κ3) is 6.70. The predicted molar refractivity (Wildman–Crippen MR) is 81.0 cm³/mol. The van der Waals surface area contributed by atoms with Crippen LogP contribution in [0.4, 0.5) is 0 Å². The second-order valence-electron chi connectivity index (χ2n) is 6.53. The molecule has 0 radical (unpaired) electrons. The minimum atomic E-state index is -3.11. The van der Waals surface area contributed by atoms with Crippen LogP contribution < -0.4 is 5.32 Å². The van der Waals surface area contributed by atoms with Gasteiger partial charge < -0.3 is 5.32 Å². The van der Waals surface area contributed by atoms with Gasteiger partial charge in [-0.25, -0.2) is 12.7 Å². The van der Waals surface area contributed by atoms with Crippen LogP contribution in [0.2, 0.25) is 0 Å². The van der Waals surface area contributed by atoms with Gasteiger partial charge in [0, 0.05) is 25.0 Å². The molecule has 5 nitrogen and oxygen atoms in total. The highest BCUT2D eigenvalue weighted by atomic mass is 32.2. The van der Waals surface area contributed by atoms with Crippen LogP contribution in [0.25, 0.3) is 0 Å². The van der Waals surface area contributed by atoms with E-state index in [4.69, 9.17) is 0 Å². The first-order valence-electron chi connectivity index (χ1n) is 7.49. The van der Waals surface area contributed by atoms with Gasteiger partial charge in [0.15, 0.2) is 0 Å². The maximum atomic E-state index is 12.1. The molecule has 20 heavy (non-hydrogen) atoms. The standard InChI is InChI=1S/C14H28N2O3S/c1-14(2,3)15-13(17)9-5-8-12-20(18,19)16-10-6-4-7-11-16/h4-12H2,1-3H3,(H,15,17). The quantitative estimate of drug-likeness (QED) is 0.762. The molecule has 0 aliphatic carbocycles. The molecule has 1 aliphatic rings. The molecule has 0 bridgehead atoms. The molecule has 1 N–H and O–H groups in total. The van der Waals surface area contributed by atoms with Crippen molar-refractivity contribution in [1.82, 2.24) is 9.62 Å². The molecule has 0 saturated carbocycles. The van der Waals surface area contributed by atoms with E-state index in [-0.39, 0.29) is 17.2 Å². The topological polar surface area (TPSA) is 66.5 Å². The van der Waals surface area contributed by atoms with Crippen molar-refractivity contribution in [2.75, 3.05) is 18.8 Å². The van der Waals surface area contributed by atoms with Crippen molar-refractivity contribution in [2.24, 2.45) is 0 Å². The fraction of sp³-hybridized carbons (Fsp3) is 0.929. The average Bonchev–Trinajstić information content (AvgIpc) is 2.34. The summed E-state index contributed by atoms with van der Waals surface area (Å²) in [5.41, 5.74) is -0.225. The third-order valence-corrected chi connectivity index (χ3v) is 5.24. The summed E-state index contributed by atoms with van der Waals surface area (Å²) in [5.74, 6) is 0.156. The summed E-state index contributed by atoms with van der Waals surface area (Å²) in [4.78, 5) is 11.6. The second-order valence-corrected chi connectivity index (χ2v) is 8.62. The third-order valence-electron chi connectivity index (χ3n) is 3.28. The van der Waals surface area contributed by atoms with Gasteiger partial charge >= 0.3 is 0 Å². The van der Waals surface area contributed by atoms with Crippen molar-refractivity contribution >= 4 is 15.9 Å². The van der Waals surface area contributed by atoms with Gasteiger partial charge in [0.05, 0.1) is 5.75 Å². The van der Waals surface area contributed by atoms with E-state index in [1.54, 1.807) is 4.31 Å². The van der Waals surface area contributed by atoms with Crippen molar-refractivity contribution < 1.29 is 13.2 Å². The van der Waals surface area contributed by atoms with Gasteiger partial charge in [-0.3, -0.25) is 4.79 Å². The highest BCUT2D eigenvalue weighted by Gasteiger charge is 2.23. The Balaban J connectivity index is 2.24. The van der Waals surface area contributed by atoms with Crippen LogP contribution in [-0.4, -0.2) is 43.0 Å². The Morgan fingerprint density at radius 1 is 1.10 bits per heavy atom. The molecular weight excluding hydrogens is 276 g/mol. The first-order chi connectivity index (χ1) is 9.21. The molecule has 6 heteroatoms. The number of carbonyl (C=O) groups excluding carboxylic acids is 1. The number of nitrogens with zero attached hydrogens (tertiary/aromatic N) is 1. The SMILES string of the molecule is CC(C)(C)NC(=O)CCCCS(=O)(=O)N1CCCCC1. The molecule has 1 rings (SSSR count). The smallest absolute Gasteiger partial charge is 0.220 e. The Morgan fingerprint density at radius 3 is 2.25 bits per heavy atom. The number of piperidine rings is 1. The number of rotatable bonds is 6. The van der Waals surface area contributed by atoms with Crippen molar-refractivity contribution in [3.05, 3.63) is 0 Å². The molecule has 0 aromatic heterocycles. The molecule has 1 saturated heterocycles.